The first-order valence-electron chi connectivity index (χ1n) is 6.24. The molecule has 1 N–H and O–H groups in total. The molecule has 2 aromatic carbocycles. The fourth-order valence-electron chi connectivity index (χ4n) is 2.23. The van der Waals surface area contributed by atoms with E-state index in [9.17, 15) is 0 Å². The Balaban J connectivity index is 2.09. The Kier molecular flexibility index (Phi) is 3.71. The first-order chi connectivity index (χ1) is 9.83. The molecule has 20 heavy (non-hydrogen) atoms. The zero-order valence-electron chi connectivity index (χ0n) is 11.3. The predicted molar refractivity (Wildman–Crippen MR) is 80.0 cm³/mol. The van der Waals surface area contributed by atoms with Crippen molar-refractivity contribution in [3.8, 4) is 28.4 Å². The van der Waals surface area contributed by atoms with Crippen molar-refractivity contribution >= 4 is 12.2 Å². The summed E-state index contributed by atoms with van der Waals surface area (Å²) in [4.78, 5) is 0. The van der Waals surface area contributed by atoms with E-state index >= 15 is 0 Å². The summed E-state index contributed by atoms with van der Waals surface area (Å²) in [6.07, 6.45) is 0. The second-order valence-corrected chi connectivity index (χ2v) is 4.97. The second kappa shape index (κ2) is 5.64. The molecule has 1 aliphatic heterocycles. The molecule has 0 radical (unpaired) electrons. The molecule has 4 nitrogen and oxygen atoms in total. The second-order valence-electron chi connectivity index (χ2n) is 4.35. The largest absolute Gasteiger partial charge is 0.493 e. The molecule has 5 heteroatoms. The molecular weight excluding hydrogens is 274 g/mol. The number of ether oxygens (including phenoxy) is 2. The summed E-state index contributed by atoms with van der Waals surface area (Å²) < 4.78 is 19.4. The summed E-state index contributed by atoms with van der Waals surface area (Å²) >= 11 is 1.26. The molecule has 0 atom stereocenters. The van der Waals surface area contributed by atoms with Crippen molar-refractivity contribution in [2.75, 3.05) is 14.2 Å². The third-order valence-corrected chi connectivity index (χ3v) is 3.75. The van der Waals surface area contributed by atoms with Crippen molar-refractivity contribution in [2.45, 2.75) is 6.54 Å². The lowest BCUT2D eigenvalue weighted by Gasteiger charge is -2.19. The van der Waals surface area contributed by atoms with Gasteiger partial charge in [0.15, 0.2) is 17.2 Å². The minimum Gasteiger partial charge on any atom is -0.493 e. The van der Waals surface area contributed by atoms with Gasteiger partial charge >= 0.3 is 0 Å². The van der Waals surface area contributed by atoms with Crippen LogP contribution in [-0.2, 0) is 6.54 Å². The van der Waals surface area contributed by atoms with Crippen LogP contribution in [0.15, 0.2) is 36.4 Å². The molecule has 0 aliphatic carbocycles. The number of benzene rings is 2. The number of hydrogen-bond donors (Lipinski definition) is 1. The average molecular weight is 289 g/mol. The van der Waals surface area contributed by atoms with Crippen LogP contribution in [0.4, 0.5) is 0 Å². The highest BCUT2D eigenvalue weighted by Crippen LogP contribution is 2.40. The summed E-state index contributed by atoms with van der Waals surface area (Å²) in [5, 5.41) is 0. The first-order valence-corrected chi connectivity index (χ1v) is 6.98. The molecule has 1 heterocycles. The maximum atomic E-state index is 5.67. The van der Waals surface area contributed by atoms with E-state index in [4.69, 9.17) is 13.7 Å². The van der Waals surface area contributed by atoms with Gasteiger partial charge in [-0.05, 0) is 17.7 Å². The van der Waals surface area contributed by atoms with E-state index in [2.05, 4.69) is 10.8 Å². The van der Waals surface area contributed by atoms with Gasteiger partial charge in [0.2, 0.25) is 0 Å². The monoisotopic (exact) mass is 289 g/mol. The number of fused-ring (bicyclic) bond motifs is 1. The molecule has 0 amide bonds. The van der Waals surface area contributed by atoms with Gasteiger partial charge in [0.25, 0.3) is 0 Å². The fraction of sp³-hybridized carbons (Fsp3) is 0.200. The molecule has 0 aromatic heterocycles. The highest BCUT2D eigenvalue weighted by atomic mass is 32.2. The third-order valence-electron chi connectivity index (χ3n) is 3.24. The van der Waals surface area contributed by atoms with E-state index < -0.39 is 0 Å². The standard InChI is InChI=1S/C15H15NO3S/c1-17-13-7-6-10(8-14(13)18-2)12-5-3-4-11-9-16-20-19-15(11)12/h3-8,16H,9H2,1-2H3. The molecular formula is C15H15NO3S. The van der Waals surface area contributed by atoms with Crippen LogP contribution in [0.1, 0.15) is 5.56 Å². The Morgan fingerprint density at radius 1 is 1.10 bits per heavy atom. The van der Waals surface area contributed by atoms with Gasteiger partial charge in [-0.3, -0.25) is 0 Å². The molecule has 0 unspecified atom stereocenters. The number of rotatable bonds is 3. The van der Waals surface area contributed by atoms with Gasteiger partial charge in [0.1, 0.15) is 12.2 Å². The minimum absolute atomic E-state index is 0.712. The van der Waals surface area contributed by atoms with E-state index in [1.54, 1.807) is 14.2 Å². The number of para-hydroxylation sites is 1. The Bertz CT molecular complexity index is 631. The minimum atomic E-state index is 0.712. The number of hydrogen-bond acceptors (Lipinski definition) is 5. The van der Waals surface area contributed by atoms with Crippen molar-refractivity contribution in [3.63, 3.8) is 0 Å². The molecule has 1 aliphatic rings. The van der Waals surface area contributed by atoms with Gasteiger partial charge in [0, 0.05) is 17.7 Å². The molecule has 0 bridgehead atoms. The van der Waals surface area contributed by atoms with Gasteiger partial charge in [-0.25, -0.2) is 4.72 Å². The Morgan fingerprint density at radius 3 is 2.75 bits per heavy atom. The van der Waals surface area contributed by atoms with E-state index in [0.717, 1.165) is 34.7 Å². The van der Waals surface area contributed by atoms with Crippen LogP contribution in [0.5, 0.6) is 17.2 Å². The predicted octanol–water partition coefficient (Wildman–Crippen LogP) is 3.42. The van der Waals surface area contributed by atoms with Crippen LogP contribution >= 0.6 is 12.2 Å². The maximum absolute atomic E-state index is 5.67. The van der Waals surface area contributed by atoms with Crippen LogP contribution in [0.2, 0.25) is 0 Å². The van der Waals surface area contributed by atoms with Gasteiger partial charge in [0.05, 0.1) is 14.2 Å². The lowest BCUT2D eigenvalue weighted by Crippen LogP contribution is -2.12. The quantitative estimate of drug-likeness (QED) is 0.692. The molecule has 2 aromatic rings. The van der Waals surface area contributed by atoms with Crippen LogP contribution in [-0.4, -0.2) is 14.2 Å². The summed E-state index contributed by atoms with van der Waals surface area (Å²) in [6, 6.07) is 12.0. The van der Waals surface area contributed by atoms with Crippen LogP contribution in [0, 0.1) is 0 Å². The highest BCUT2D eigenvalue weighted by Gasteiger charge is 2.17. The molecule has 0 spiro atoms. The Hall–Kier alpha value is -1.85. The summed E-state index contributed by atoms with van der Waals surface area (Å²) in [5.41, 5.74) is 3.25. The average Bonchev–Trinajstić information content (AvgIpc) is 2.53. The van der Waals surface area contributed by atoms with Gasteiger partial charge in [-0.2, -0.15) is 0 Å². The van der Waals surface area contributed by atoms with E-state index in [-0.39, 0.29) is 0 Å². The van der Waals surface area contributed by atoms with E-state index in [0.29, 0.717) is 5.75 Å². The van der Waals surface area contributed by atoms with E-state index in [1.807, 2.05) is 30.3 Å². The summed E-state index contributed by atoms with van der Waals surface area (Å²) in [6.45, 7) is 0.793. The van der Waals surface area contributed by atoms with E-state index in [1.165, 1.54) is 12.2 Å². The van der Waals surface area contributed by atoms with Gasteiger partial charge in [-0.1, -0.05) is 24.3 Å². The van der Waals surface area contributed by atoms with Crippen molar-refractivity contribution in [1.29, 1.82) is 0 Å². The zero-order chi connectivity index (χ0) is 13.9. The van der Waals surface area contributed by atoms with Gasteiger partial charge in [-0.15, -0.1) is 0 Å². The van der Waals surface area contributed by atoms with Crippen molar-refractivity contribution in [3.05, 3.63) is 42.0 Å². The Labute approximate surface area is 122 Å². The lowest BCUT2D eigenvalue weighted by molar-refractivity contribution is 0.355. The van der Waals surface area contributed by atoms with Crippen molar-refractivity contribution in [2.24, 2.45) is 0 Å². The third kappa shape index (κ3) is 2.30. The molecule has 0 fully saturated rings. The summed E-state index contributed by atoms with van der Waals surface area (Å²) in [7, 11) is 3.27. The highest BCUT2D eigenvalue weighted by molar-refractivity contribution is 7.93. The zero-order valence-corrected chi connectivity index (χ0v) is 12.1. The normalized spacial score (nSPS) is 13.3. The molecule has 0 saturated heterocycles. The molecule has 0 saturated carbocycles. The fourth-order valence-corrected chi connectivity index (χ4v) is 2.79. The van der Waals surface area contributed by atoms with Crippen molar-refractivity contribution < 1.29 is 13.7 Å². The number of nitrogens with one attached hydrogen (secondary N) is 1. The Morgan fingerprint density at radius 2 is 1.95 bits per heavy atom. The smallest absolute Gasteiger partial charge is 0.161 e. The topological polar surface area (TPSA) is 39.7 Å². The molecule has 104 valence electrons. The van der Waals surface area contributed by atoms with Crippen LogP contribution in [0.3, 0.4) is 0 Å². The maximum Gasteiger partial charge on any atom is 0.161 e. The van der Waals surface area contributed by atoms with Crippen LogP contribution in [0.25, 0.3) is 11.1 Å². The van der Waals surface area contributed by atoms with Crippen LogP contribution < -0.4 is 18.4 Å². The van der Waals surface area contributed by atoms with Gasteiger partial charge < -0.3 is 13.7 Å². The summed E-state index contributed by atoms with van der Waals surface area (Å²) in [5.74, 6) is 2.34. The SMILES string of the molecule is COc1ccc(-c2cccc3c2OSNC3)cc1OC. The lowest BCUT2D eigenvalue weighted by atomic mass is 10.0. The van der Waals surface area contributed by atoms with Crippen molar-refractivity contribution in [1.82, 2.24) is 4.72 Å². The number of methoxy groups -OCH3 is 2. The molecule has 3 rings (SSSR count). The first kappa shape index (κ1) is 13.1.